The summed E-state index contributed by atoms with van der Waals surface area (Å²) in [5, 5.41) is 13.0. The zero-order valence-electron chi connectivity index (χ0n) is 12.1. The van der Waals surface area contributed by atoms with Gasteiger partial charge in [0.05, 0.1) is 6.04 Å². The van der Waals surface area contributed by atoms with Crippen molar-refractivity contribution in [2.45, 2.75) is 19.9 Å². The van der Waals surface area contributed by atoms with Gasteiger partial charge in [-0.25, -0.2) is 0 Å². The first-order valence-corrected chi connectivity index (χ1v) is 6.51. The van der Waals surface area contributed by atoms with E-state index in [9.17, 15) is 5.11 Å². The summed E-state index contributed by atoms with van der Waals surface area (Å²) < 4.78 is 0. The number of aromatic hydroxyl groups is 1. The maximum Gasteiger partial charge on any atom is 0.116 e. The molecule has 1 aliphatic rings. The van der Waals surface area contributed by atoms with E-state index >= 15 is 0 Å². The van der Waals surface area contributed by atoms with Gasteiger partial charge in [-0.05, 0) is 42.7 Å². The molecule has 0 aliphatic carbocycles. The molecule has 5 heteroatoms. The van der Waals surface area contributed by atoms with Crippen LogP contribution in [0.1, 0.15) is 22.7 Å². The van der Waals surface area contributed by atoms with Crippen molar-refractivity contribution in [2.24, 2.45) is 0 Å². The Hall–Kier alpha value is -0.740. The van der Waals surface area contributed by atoms with Crippen molar-refractivity contribution < 1.29 is 5.11 Å². The number of phenols is 1. The Bertz CT molecular complexity index is 422. The van der Waals surface area contributed by atoms with Crippen molar-refractivity contribution in [2.75, 3.05) is 26.2 Å². The quantitative estimate of drug-likeness (QED) is 0.841. The highest BCUT2D eigenvalue weighted by Crippen LogP contribution is 2.30. The molecule has 1 atom stereocenters. The molecule has 1 fully saturated rings. The van der Waals surface area contributed by atoms with Crippen LogP contribution in [0, 0.1) is 13.8 Å². The topological polar surface area (TPSA) is 35.5 Å². The molecule has 1 heterocycles. The lowest BCUT2D eigenvalue weighted by Crippen LogP contribution is -2.44. The van der Waals surface area contributed by atoms with Gasteiger partial charge in [0.15, 0.2) is 0 Å². The van der Waals surface area contributed by atoms with Gasteiger partial charge in [0.1, 0.15) is 5.75 Å². The predicted octanol–water partition coefficient (Wildman–Crippen LogP) is 2.98. The van der Waals surface area contributed by atoms with Crippen molar-refractivity contribution >= 4 is 24.8 Å². The Kier molecular flexibility index (Phi) is 8.21. The normalized spacial score (nSPS) is 16.7. The van der Waals surface area contributed by atoms with E-state index in [2.05, 4.69) is 30.6 Å². The molecule has 1 saturated heterocycles. The van der Waals surface area contributed by atoms with Crippen LogP contribution in [0.25, 0.3) is 0 Å². The van der Waals surface area contributed by atoms with E-state index in [0.29, 0.717) is 5.75 Å². The van der Waals surface area contributed by atoms with Crippen LogP contribution >= 0.6 is 24.8 Å². The van der Waals surface area contributed by atoms with E-state index in [1.165, 1.54) is 5.56 Å². The number of nitrogens with one attached hydrogen (secondary N) is 1. The summed E-state index contributed by atoms with van der Waals surface area (Å²) in [4.78, 5) is 2.44. The summed E-state index contributed by atoms with van der Waals surface area (Å²) in [7, 11) is 0. The summed E-state index contributed by atoms with van der Waals surface area (Å²) in [6.45, 7) is 12.2. The maximum absolute atomic E-state index is 9.63. The highest BCUT2D eigenvalue weighted by Gasteiger charge is 2.22. The minimum absolute atomic E-state index is 0. The van der Waals surface area contributed by atoms with Crippen molar-refractivity contribution in [1.82, 2.24) is 10.2 Å². The van der Waals surface area contributed by atoms with Crippen LogP contribution in [0.5, 0.6) is 5.75 Å². The van der Waals surface area contributed by atoms with Crippen LogP contribution in [0.3, 0.4) is 0 Å². The van der Waals surface area contributed by atoms with Crippen molar-refractivity contribution in [3.05, 3.63) is 41.5 Å². The first-order chi connectivity index (χ1) is 8.63. The second kappa shape index (κ2) is 8.53. The minimum Gasteiger partial charge on any atom is -0.508 e. The molecule has 0 spiro atoms. The van der Waals surface area contributed by atoms with Gasteiger partial charge in [0.25, 0.3) is 0 Å². The molecular formula is C15H24Cl2N2O. The lowest BCUT2D eigenvalue weighted by Gasteiger charge is -2.35. The lowest BCUT2D eigenvalue weighted by atomic mass is 9.94. The molecule has 0 saturated carbocycles. The third-order valence-electron chi connectivity index (χ3n) is 3.64. The average Bonchev–Trinajstić information content (AvgIpc) is 2.34. The molecule has 0 unspecified atom stereocenters. The number of rotatable bonds is 3. The molecule has 20 heavy (non-hydrogen) atoms. The maximum atomic E-state index is 9.63. The van der Waals surface area contributed by atoms with Gasteiger partial charge in [-0.3, -0.25) is 4.90 Å². The van der Waals surface area contributed by atoms with Crippen molar-refractivity contribution in [3.63, 3.8) is 0 Å². The first kappa shape index (κ1) is 19.3. The van der Waals surface area contributed by atoms with Crippen molar-refractivity contribution in [1.29, 1.82) is 0 Å². The van der Waals surface area contributed by atoms with E-state index in [1.807, 2.05) is 18.2 Å². The first-order valence-electron chi connectivity index (χ1n) is 6.51. The highest BCUT2D eigenvalue weighted by atomic mass is 35.5. The molecule has 1 aliphatic heterocycles. The van der Waals surface area contributed by atoms with Gasteiger partial charge in [0.2, 0.25) is 0 Å². The van der Waals surface area contributed by atoms with Gasteiger partial charge in [-0.1, -0.05) is 6.08 Å². The van der Waals surface area contributed by atoms with E-state index in [-0.39, 0.29) is 30.9 Å². The van der Waals surface area contributed by atoms with Gasteiger partial charge in [-0.2, -0.15) is 0 Å². The summed E-state index contributed by atoms with van der Waals surface area (Å²) in [5.74, 6) is 0.344. The van der Waals surface area contributed by atoms with E-state index < -0.39 is 0 Å². The lowest BCUT2D eigenvalue weighted by molar-refractivity contribution is 0.202. The van der Waals surface area contributed by atoms with Gasteiger partial charge < -0.3 is 10.4 Å². The van der Waals surface area contributed by atoms with E-state index in [0.717, 1.165) is 37.3 Å². The van der Waals surface area contributed by atoms with Gasteiger partial charge in [-0.15, -0.1) is 31.4 Å². The SMILES string of the molecule is C=C[C@H](c1c(C)cc(O)cc1C)N1CCNCC1.Cl.Cl. The molecule has 0 bridgehead atoms. The monoisotopic (exact) mass is 318 g/mol. The molecule has 3 nitrogen and oxygen atoms in total. The Morgan fingerprint density at radius 1 is 1.20 bits per heavy atom. The number of benzene rings is 1. The van der Waals surface area contributed by atoms with Crippen molar-refractivity contribution in [3.8, 4) is 5.75 Å². The Balaban J connectivity index is 0.00000180. The standard InChI is InChI=1S/C15H22N2O.2ClH/c1-4-14(17-7-5-16-6-8-17)15-11(2)9-13(18)10-12(15)3;;/h4,9-10,14,16,18H,1,5-8H2,2-3H3;2*1H/t14-;;/m1../s1. The zero-order valence-corrected chi connectivity index (χ0v) is 13.7. The fourth-order valence-electron chi connectivity index (χ4n) is 2.83. The van der Waals surface area contributed by atoms with E-state index in [1.54, 1.807) is 0 Å². The van der Waals surface area contributed by atoms with Crippen LogP contribution in [0.15, 0.2) is 24.8 Å². The van der Waals surface area contributed by atoms with Gasteiger partial charge in [0, 0.05) is 26.2 Å². The number of halogens is 2. The third-order valence-corrected chi connectivity index (χ3v) is 3.64. The summed E-state index contributed by atoms with van der Waals surface area (Å²) in [6, 6.07) is 3.91. The second-order valence-electron chi connectivity index (χ2n) is 4.96. The van der Waals surface area contributed by atoms with Crippen LogP contribution in [0.2, 0.25) is 0 Å². The number of hydrogen-bond acceptors (Lipinski definition) is 3. The van der Waals surface area contributed by atoms with Crippen LogP contribution in [-0.4, -0.2) is 36.2 Å². The molecular weight excluding hydrogens is 295 g/mol. The molecule has 0 radical (unpaired) electrons. The van der Waals surface area contributed by atoms with Crippen LogP contribution in [-0.2, 0) is 0 Å². The largest absolute Gasteiger partial charge is 0.508 e. The Labute approximate surface area is 133 Å². The smallest absolute Gasteiger partial charge is 0.116 e. The number of piperazine rings is 1. The van der Waals surface area contributed by atoms with Crippen LogP contribution in [0.4, 0.5) is 0 Å². The van der Waals surface area contributed by atoms with Gasteiger partial charge >= 0.3 is 0 Å². The predicted molar refractivity (Wildman–Crippen MR) is 89.5 cm³/mol. The average molecular weight is 319 g/mol. The number of nitrogens with zero attached hydrogens (tertiary/aromatic N) is 1. The Morgan fingerprint density at radius 2 is 1.70 bits per heavy atom. The number of aryl methyl sites for hydroxylation is 2. The zero-order chi connectivity index (χ0) is 13.1. The molecule has 0 amide bonds. The molecule has 0 aromatic heterocycles. The fourth-order valence-corrected chi connectivity index (χ4v) is 2.83. The molecule has 1 aromatic carbocycles. The second-order valence-corrected chi connectivity index (χ2v) is 4.96. The minimum atomic E-state index is 0. The van der Waals surface area contributed by atoms with Crippen LogP contribution < -0.4 is 5.32 Å². The van der Waals surface area contributed by atoms with E-state index in [4.69, 9.17) is 0 Å². The Morgan fingerprint density at radius 3 is 2.15 bits per heavy atom. The summed E-state index contributed by atoms with van der Waals surface area (Å²) in [6.07, 6.45) is 2.01. The molecule has 2 rings (SSSR count). The number of phenolic OH excluding ortho intramolecular Hbond substituents is 1. The molecule has 1 aromatic rings. The summed E-state index contributed by atoms with van der Waals surface area (Å²) >= 11 is 0. The highest BCUT2D eigenvalue weighted by molar-refractivity contribution is 5.85. The molecule has 2 N–H and O–H groups in total. The number of hydrogen-bond donors (Lipinski definition) is 2. The molecule has 114 valence electrons. The third kappa shape index (κ3) is 4.13. The summed E-state index contributed by atoms with van der Waals surface area (Å²) in [5.41, 5.74) is 3.55. The fraction of sp³-hybridized carbons (Fsp3) is 0.467.